The van der Waals surface area contributed by atoms with Crippen molar-refractivity contribution in [2.75, 3.05) is 19.6 Å². The Labute approximate surface area is 73.1 Å². The number of hydrogen-bond acceptors (Lipinski definition) is 2. The molecule has 0 bridgehead atoms. The minimum absolute atomic E-state index is 0.704. The second kappa shape index (κ2) is 3.44. The Hall–Kier alpha value is -0.570. The van der Waals surface area contributed by atoms with Crippen LogP contribution in [0.15, 0.2) is 0 Å². The molecule has 1 atom stereocenters. The summed E-state index contributed by atoms with van der Waals surface area (Å²) in [6.45, 7) is 3.31. The molecule has 12 heavy (non-hydrogen) atoms. The Morgan fingerprint density at radius 2 is 2.25 bits per heavy atom. The Morgan fingerprint density at radius 3 is 2.92 bits per heavy atom. The lowest BCUT2D eigenvalue weighted by molar-refractivity contribution is -0.109. The van der Waals surface area contributed by atoms with Crippen LogP contribution in [0.4, 0.5) is 0 Å². The highest BCUT2D eigenvalue weighted by Gasteiger charge is 2.33. The molecule has 2 fully saturated rings. The fourth-order valence-corrected chi connectivity index (χ4v) is 2.02. The van der Waals surface area contributed by atoms with Crippen molar-refractivity contribution < 1.29 is 4.79 Å². The van der Waals surface area contributed by atoms with Gasteiger partial charge in [0.2, 0.25) is 6.41 Å². The van der Waals surface area contributed by atoms with Gasteiger partial charge in [0.05, 0.1) is 0 Å². The van der Waals surface area contributed by atoms with Crippen molar-refractivity contribution in [3.05, 3.63) is 0 Å². The van der Waals surface area contributed by atoms with Gasteiger partial charge in [-0.3, -0.25) is 4.79 Å². The quantitative estimate of drug-likeness (QED) is 0.609. The van der Waals surface area contributed by atoms with Crippen LogP contribution in [0.3, 0.4) is 0 Å². The molecule has 1 saturated heterocycles. The van der Waals surface area contributed by atoms with E-state index in [9.17, 15) is 4.79 Å². The highest BCUT2D eigenvalue weighted by Crippen LogP contribution is 2.31. The Balaban J connectivity index is 1.70. The van der Waals surface area contributed by atoms with Crippen LogP contribution >= 0.6 is 0 Å². The first-order valence-electron chi connectivity index (χ1n) is 4.81. The monoisotopic (exact) mass is 168 g/mol. The molecule has 0 spiro atoms. The molecule has 68 valence electrons. The van der Waals surface area contributed by atoms with E-state index in [4.69, 9.17) is 0 Å². The Kier molecular flexibility index (Phi) is 2.30. The van der Waals surface area contributed by atoms with Gasteiger partial charge in [-0.2, -0.15) is 0 Å². The van der Waals surface area contributed by atoms with Crippen molar-refractivity contribution in [2.24, 2.45) is 5.92 Å². The van der Waals surface area contributed by atoms with Gasteiger partial charge in [0.1, 0.15) is 0 Å². The summed E-state index contributed by atoms with van der Waals surface area (Å²) < 4.78 is 0. The van der Waals surface area contributed by atoms with Crippen LogP contribution in [0, 0.1) is 5.92 Å². The molecule has 0 aromatic carbocycles. The van der Waals surface area contributed by atoms with Gasteiger partial charge in [0, 0.05) is 19.1 Å². The van der Waals surface area contributed by atoms with Crippen LogP contribution in [-0.2, 0) is 4.79 Å². The molecule has 1 N–H and O–H groups in total. The third-order valence-corrected chi connectivity index (χ3v) is 2.87. The number of amides is 1. The number of likely N-dealkylation sites (tertiary alicyclic amines) is 1. The molecule has 1 heterocycles. The molecular weight excluding hydrogens is 152 g/mol. The molecule has 3 heteroatoms. The summed E-state index contributed by atoms with van der Waals surface area (Å²) in [4.78, 5) is 12.6. The smallest absolute Gasteiger partial charge is 0.207 e. The predicted octanol–water partition coefficient (Wildman–Crippen LogP) is 0.217. The summed E-state index contributed by atoms with van der Waals surface area (Å²) in [5.41, 5.74) is 0. The van der Waals surface area contributed by atoms with Gasteiger partial charge in [0.25, 0.3) is 0 Å². The molecule has 2 aliphatic rings. The number of carbonyl (C=O) groups excluding carboxylic acids is 1. The lowest BCUT2D eigenvalue weighted by atomic mass is 10.1. The van der Waals surface area contributed by atoms with E-state index in [0.29, 0.717) is 5.92 Å². The van der Waals surface area contributed by atoms with Crippen LogP contribution in [0.2, 0.25) is 0 Å². The van der Waals surface area contributed by atoms with E-state index in [0.717, 1.165) is 19.0 Å². The molecule has 0 radical (unpaired) electrons. The molecule has 0 aromatic heterocycles. The van der Waals surface area contributed by atoms with Gasteiger partial charge in [-0.25, -0.2) is 0 Å². The van der Waals surface area contributed by atoms with E-state index in [-0.39, 0.29) is 0 Å². The summed E-state index contributed by atoms with van der Waals surface area (Å²) in [6.07, 6.45) is 4.86. The van der Waals surface area contributed by atoms with Gasteiger partial charge in [0.15, 0.2) is 0 Å². The summed E-state index contributed by atoms with van der Waals surface area (Å²) in [6, 6.07) is 0.895. The van der Waals surface area contributed by atoms with E-state index in [1.807, 2.05) is 0 Å². The second-order valence-electron chi connectivity index (χ2n) is 3.91. The topological polar surface area (TPSA) is 32.3 Å². The summed E-state index contributed by atoms with van der Waals surface area (Å²) in [7, 11) is 0. The van der Waals surface area contributed by atoms with Gasteiger partial charge in [-0.05, 0) is 31.7 Å². The number of carbonyl (C=O) groups is 1. The Bertz CT molecular complexity index is 168. The van der Waals surface area contributed by atoms with Crippen molar-refractivity contribution >= 4 is 6.41 Å². The average molecular weight is 168 g/mol. The minimum atomic E-state index is 0.704. The molecule has 3 nitrogen and oxygen atoms in total. The molecule has 2 rings (SSSR count). The van der Waals surface area contributed by atoms with Crippen molar-refractivity contribution in [1.82, 2.24) is 10.2 Å². The summed E-state index contributed by atoms with van der Waals surface area (Å²) in [5, 5.41) is 2.76. The SMILES string of the molecule is O=CNCC1CCN(C2CC2)C1. The fourth-order valence-electron chi connectivity index (χ4n) is 2.02. The summed E-state index contributed by atoms with van der Waals surface area (Å²) in [5.74, 6) is 0.704. The normalized spacial score (nSPS) is 30.5. The van der Waals surface area contributed by atoms with E-state index in [1.165, 1.54) is 32.4 Å². The largest absolute Gasteiger partial charge is 0.358 e. The number of rotatable bonds is 4. The first kappa shape index (κ1) is 8.05. The van der Waals surface area contributed by atoms with Gasteiger partial charge in [-0.1, -0.05) is 0 Å². The minimum Gasteiger partial charge on any atom is -0.358 e. The third kappa shape index (κ3) is 1.78. The number of hydrogen-bond donors (Lipinski definition) is 1. The molecule has 1 aliphatic heterocycles. The van der Waals surface area contributed by atoms with Gasteiger partial charge < -0.3 is 10.2 Å². The fraction of sp³-hybridized carbons (Fsp3) is 0.889. The van der Waals surface area contributed by atoms with Crippen LogP contribution in [0.1, 0.15) is 19.3 Å². The molecule has 0 aromatic rings. The summed E-state index contributed by atoms with van der Waals surface area (Å²) >= 11 is 0. The Morgan fingerprint density at radius 1 is 1.42 bits per heavy atom. The van der Waals surface area contributed by atoms with E-state index in [1.54, 1.807) is 0 Å². The number of nitrogens with zero attached hydrogens (tertiary/aromatic N) is 1. The zero-order chi connectivity index (χ0) is 8.39. The lowest BCUT2D eigenvalue weighted by Crippen LogP contribution is -2.26. The first-order valence-corrected chi connectivity index (χ1v) is 4.81. The second-order valence-corrected chi connectivity index (χ2v) is 3.91. The predicted molar refractivity (Wildman–Crippen MR) is 46.8 cm³/mol. The van der Waals surface area contributed by atoms with Crippen LogP contribution in [-0.4, -0.2) is 37.0 Å². The highest BCUT2D eigenvalue weighted by atomic mass is 16.1. The first-order chi connectivity index (χ1) is 5.90. The average Bonchev–Trinajstić information content (AvgIpc) is 2.83. The maximum atomic E-state index is 10.1. The zero-order valence-corrected chi connectivity index (χ0v) is 7.33. The number of nitrogens with one attached hydrogen (secondary N) is 1. The van der Waals surface area contributed by atoms with Crippen molar-refractivity contribution in [3.63, 3.8) is 0 Å². The lowest BCUT2D eigenvalue weighted by Gasteiger charge is -2.14. The van der Waals surface area contributed by atoms with E-state index in [2.05, 4.69) is 10.2 Å². The van der Waals surface area contributed by atoms with Crippen LogP contribution in [0.25, 0.3) is 0 Å². The maximum Gasteiger partial charge on any atom is 0.207 e. The van der Waals surface area contributed by atoms with Crippen LogP contribution < -0.4 is 5.32 Å². The van der Waals surface area contributed by atoms with Gasteiger partial charge in [-0.15, -0.1) is 0 Å². The molecule has 1 saturated carbocycles. The van der Waals surface area contributed by atoms with E-state index >= 15 is 0 Å². The van der Waals surface area contributed by atoms with E-state index < -0.39 is 0 Å². The molecule has 1 aliphatic carbocycles. The van der Waals surface area contributed by atoms with Crippen molar-refractivity contribution in [1.29, 1.82) is 0 Å². The maximum absolute atomic E-state index is 10.1. The van der Waals surface area contributed by atoms with Gasteiger partial charge >= 0.3 is 0 Å². The third-order valence-electron chi connectivity index (χ3n) is 2.87. The standard InChI is InChI=1S/C9H16N2O/c12-7-10-5-8-3-4-11(6-8)9-1-2-9/h7-9H,1-6H2,(H,10,12). The zero-order valence-electron chi connectivity index (χ0n) is 7.33. The van der Waals surface area contributed by atoms with Crippen LogP contribution in [0.5, 0.6) is 0 Å². The van der Waals surface area contributed by atoms with Crippen molar-refractivity contribution in [3.8, 4) is 0 Å². The molecular formula is C9H16N2O. The van der Waals surface area contributed by atoms with Crippen molar-refractivity contribution in [2.45, 2.75) is 25.3 Å². The molecule has 1 unspecified atom stereocenters. The highest BCUT2D eigenvalue weighted by molar-refractivity contribution is 5.45. The molecule has 1 amide bonds.